The van der Waals surface area contributed by atoms with Crippen molar-refractivity contribution in [3.63, 3.8) is 0 Å². The van der Waals surface area contributed by atoms with E-state index in [0.717, 1.165) is 0 Å². The third-order valence-corrected chi connectivity index (χ3v) is 3.14. The Morgan fingerprint density at radius 2 is 2.39 bits per heavy atom. The fourth-order valence-corrected chi connectivity index (χ4v) is 2.05. The lowest BCUT2D eigenvalue weighted by atomic mass is 9.97. The van der Waals surface area contributed by atoms with Crippen molar-refractivity contribution in [3.8, 4) is 0 Å². The molecule has 1 heterocycles. The Balaban J connectivity index is 2.53. The molecule has 0 aromatic carbocycles. The lowest BCUT2D eigenvalue weighted by Gasteiger charge is -2.29. The van der Waals surface area contributed by atoms with Crippen LogP contribution in [0.5, 0.6) is 0 Å². The number of aliphatic hydroxyl groups is 1. The minimum absolute atomic E-state index is 0.235. The molecule has 0 spiro atoms. The van der Waals surface area contributed by atoms with Crippen molar-refractivity contribution in [3.05, 3.63) is 10.4 Å². The standard InChI is InChI=1S/C10H19N5O3/c1-10(7-16)8(6-11)15(9(17)18-10)5-3-2-4-13-14-12/h8,16H,2-7,11H2,1H3/t8-,10-/m1/s1. The van der Waals surface area contributed by atoms with Gasteiger partial charge in [-0.15, -0.1) is 0 Å². The van der Waals surface area contributed by atoms with Gasteiger partial charge in [0.25, 0.3) is 0 Å². The molecule has 0 aromatic heterocycles. The van der Waals surface area contributed by atoms with Crippen molar-refractivity contribution < 1.29 is 14.6 Å². The van der Waals surface area contributed by atoms with E-state index in [0.29, 0.717) is 25.9 Å². The summed E-state index contributed by atoms with van der Waals surface area (Å²) in [6.45, 7) is 2.54. The van der Waals surface area contributed by atoms with E-state index in [1.165, 1.54) is 4.90 Å². The molecule has 0 saturated carbocycles. The number of unbranched alkanes of at least 4 members (excludes halogenated alkanes) is 1. The Bertz CT molecular complexity index is 344. The Labute approximate surface area is 105 Å². The van der Waals surface area contributed by atoms with Gasteiger partial charge in [-0.1, -0.05) is 5.11 Å². The topological polar surface area (TPSA) is 125 Å². The van der Waals surface area contributed by atoms with Gasteiger partial charge in [0, 0.05) is 24.5 Å². The van der Waals surface area contributed by atoms with Crippen LogP contribution in [0.1, 0.15) is 19.8 Å². The van der Waals surface area contributed by atoms with Crippen LogP contribution in [0.15, 0.2) is 5.11 Å². The summed E-state index contributed by atoms with van der Waals surface area (Å²) in [5, 5.41) is 12.7. The van der Waals surface area contributed by atoms with E-state index in [-0.39, 0.29) is 19.2 Å². The van der Waals surface area contributed by atoms with Crippen LogP contribution in [0, 0.1) is 0 Å². The van der Waals surface area contributed by atoms with Gasteiger partial charge < -0.3 is 15.6 Å². The van der Waals surface area contributed by atoms with Gasteiger partial charge in [-0.3, -0.25) is 4.90 Å². The quantitative estimate of drug-likeness (QED) is 0.300. The van der Waals surface area contributed by atoms with E-state index in [1.807, 2.05) is 0 Å². The van der Waals surface area contributed by atoms with Crippen molar-refractivity contribution in [1.82, 2.24) is 4.90 Å². The zero-order chi connectivity index (χ0) is 13.6. The molecule has 102 valence electrons. The fraction of sp³-hybridized carbons (Fsp3) is 0.900. The van der Waals surface area contributed by atoms with Gasteiger partial charge in [-0.05, 0) is 25.3 Å². The largest absolute Gasteiger partial charge is 0.438 e. The number of azide groups is 1. The van der Waals surface area contributed by atoms with Crippen LogP contribution >= 0.6 is 0 Å². The predicted molar refractivity (Wildman–Crippen MR) is 64.8 cm³/mol. The normalized spacial score (nSPS) is 26.9. The molecule has 8 heteroatoms. The number of hydrogen-bond acceptors (Lipinski definition) is 5. The van der Waals surface area contributed by atoms with E-state index in [1.54, 1.807) is 6.92 Å². The summed E-state index contributed by atoms with van der Waals surface area (Å²) < 4.78 is 5.17. The third-order valence-electron chi connectivity index (χ3n) is 3.14. The number of cyclic esters (lactones) is 1. The SMILES string of the molecule is C[C@]1(CO)OC(=O)N(CCCCN=[N+]=[N-])[C@@H]1CN. The first-order chi connectivity index (χ1) is 8.59. The highest BCUT2D eigenvalue weighted by molar-refractivity contribution is 5.71. The van der Waals surface area contributed by atoms with E-state index < -0.39 is 11.7 Å². The lowest BCUT2D eigenvalue weighted by molar-refractivity contribution is 0.00174. The number of carbonyl (C=O) groups excluding carboxylic acids is 1. The summed E-state index contributed by atoms with van der Waals surface area (Å²) in [6, 6.07) is -0.325. The fourth-order valence-electron chi connectivity index (χ4n) is 2.05. The Morgan fingerprint density at radius 3 is 2.94 bits per heavy atom. The minimum Gasteiger partial charge on any atom is -0.438 e. The highest BCUT2D eigenvalue weighted by Gasteiger charge is 2.49. The highest BCUT2D eigenvalue weighted by Crippen LogP contribution is 2.29. The van der Waals surface area contributed by atoms with Crippen molar-refractivity contribution in [2.24, 2.45) is 10.8 Å². The monoisotopic (exact) mass is 257 g/mol. The van der Waals surface area contributed by atoms with Crippen molar-refractivity contribution in [1.29, 1.82) is 0 Å². The van der Waals surface area contributed by atoms with Crippen LogP contribution in [0.2, 0.25) is 0 Å². The third kappa shape index (κ3) is 3.04. The number of amides is 1. The molecule has 1 aliphatic heterocycles. The molecular formula is C10H19N5O3. The number of rotatable bonds is 7. The number of nitrogens with two attached hydrogens (primary N) is 1. The van der Waals surface area contributed by atoms with E-state index in [9.17, 15) is 9.90 Å². The average Bonchev–Trinajstić information content (AvgIpc) is 2.60. The Morgan fingerprint density at radius 1 is 1.67 bits per heavy atom. The molecule has 1 amide bonds. The van der Waals surface area contributed by atoms with Gasteiger partial charge in [-0.25, -0.2) is 4.79 Å². The first-order valence-corrected chi connectivity index (χ1v) is 5.90. The summed E-state index contributed by atoms with van der Waals surface area (Å²) in [5.74, 6) is 0. The van der Waals surface area contributed by atoms with Gasteiger partial charge in [0.1, 0.15) is 0 Å². The second kappa shape index (κ2) is 6.44. The predicted octanol–water partition coefficient (Wildman–Crippen LogP) is 0.607. The summed E-state index contributed by atoms with van der Waals surface area (Å²) in [7, 11) is 0. The van der Waals surface area contributed by atoms with Crippen molar-refractivity contribution in [2.45, 2.75) is 31.4 Å². The summed E-state index contributed by atoms with van der Waals surface area (Å²) >= 11 is 0. The molecule has 0 bridgehead atoms. The molecule has 1 saturated heterocycles. The van der Waals surface area contributed by atoms with Crippen molar-refractivity contribution >= 4 is 6.09 Å². The minimum atomic E-state index is -0.934. The summed E-state index contributed by atoms with van der Waals surface area (Å²) in [4.78, 5) is 15.9. The number of aliphatic hydroxyl groups excluding tert-OH is 1. The number of ether oxygens (including phenoxy) is 1. The maximum Gasteiger partial charge on any atom is 0.410 e. The van der Waals surface area contributed by atoms with Gasteiger partial charge in [0.15, 0.2) is 5.60 Å². The molecular weight excluding hydrogens is 238 g/mol. The van der Waals surface area contributed by atoms with Crippen LogP contribution in [-0.4, -0.2) is 54.0 Å². The molecule has 1 rings (SSSR count). The summed E-state index contributed by atoms with van der Waals surface area (Å²) in [6.07, 6.45) is 0.943. The first kappa shape index (κ1) is 14.6. The zero-order valence-corrected chi connectivity index (χ0v) is 10.4. The Kier molecular flexibility index (Phi) is 5.21. The zero-order valence-electron chi connectivity index (χ0n) is 10.4. The number of nitrogens with zero attached hydrogens (tertiary/aromatic N) is 4. The van der Waals surface area contributed by atoms with Crippen LogP contribution in [0.25, 0.3) is 10.4 Å². The van der Waals surface area contributed by atoms with Crippen LogP contribution in [-0.2, 0) is 4.74 Å². The second-order valence-corrected chi connectivity index (χ2v) is 4.45. The van der Waals surface area contributed by atoms with E-state index in [2.05, 4.69) is 10.0 Å². The summed E-state index contributed by atoms with van der Waals surface area (Å²) in [5.41, 5.74) is 12.8. The highest BCUT2D eigenvalue weighted by atomic mass is 16.6. The molecule has 0 aromatic rings. The first-order valence-electron chi connectivity index (χ1n) is 5.90. The van der Waals surface area contributed by atoms with Gasteiger partial charge in [0.05, 0.1) is 12.6 Å². The van der Waals surface area contributed by atoms with Crippen LogP contribution in [0.4, 0.5) is 4.79 Å². The molecule has 1 aliphatic rings. The molecule has 1 fully saturated rings. The van der Waals surface area contributed by atoms with Gasteiger partial charge in [-0.2, -0.15) is 0 Å². The molecule has 0 aliphatic carbocycles. The smallest absolute Gasteiger partial charge is 0.410 e. The molecule has 2 atom stereocenters. The van der Waals surface area contributed by atoms with Gasteiger partial charge in [0.2, 0.25) is 0 Å². The maximum absolute atomic E-state index is 11.7. The van der Waals surface area contributed by atoms with Gasteiger partial charge >= 0.3 is 6.09 Å². The van der Waals surface area contributed by atoms with E-state index >= 15 is 0 Å². The Hall–Kier alpha value is -1.50. The maximum atomic E-state index is 11.7. The molecule has 3 N–H and O–H groups in total. The van der Waals surface area contributed by atoms with Crippen LogP contribution in [0.3, 0.4) is 0 Å². The average molecular weight is 257 g/mol. The molecule has 18 heavy (non-hydrogen) atoms. The van der Waals surface area contributed by atoms with Crippen LogP contribution < -0.4 is 5.73 Å². The molecule has 0 radical (unpaired) electrons. The van der Waals surface area contributed by atoms with E-state index in [4.69, 9.17) is 16.0 Å². The second-order valence-electron chi connectivity index (χ2n) is 4.45. The lowest BCUT2D eigenvalue weighted by Crippen LogP contribution is -2.50. The number of carbonyl (C=O) groups is 1. The number of hydrogen-bond donors (Lipinski definition) is 2. The molecule has 8 nitrogen and oxygen atoms in total. The molecule has 0 unspecified atom stereocenters. The van der Waals surface area contributed by atoms with Crippen molar-refractivity contribution in [2.75, 3.05) is 26.2 Å².